The van der Waals surface area contributed by atoms with Crippen LogP contribution in [-0.4, -0.2) is 11.3 Å². The second-order valence-corrected chi connectivity index (χ2v) is 6.05. The fraction of sp³-hybridized carbons (Fsp3) is 0.909. The minimum absolute atomic E-state index is 0.0106. The standard InChI is InChI=1S/C11H14F3NS/c12-11(13,14)16-4-3-10(7-15)6-8-1-2-9(10)5-8/h8-9H,1-6H2. The van der Waals surface area contributed by atoms with Gasteiger partial charge in [-0.1, -0.05) is 18.2 Å². The SMILES string of the molecule is N#CC1(CCSC(F)(F)F)CC2CCC1C2. The lowest BCUT2D eigenvalue weighted by Crippen LogP contribution is -2.27. The van der Waals surface area contributed by atoms with Crippen LogP contribution in [0.5, 0.6) is 0 Å². The smallest absolute Gasteiger partial charge is 0.198 e. The summed E-state index contributed by atoms with van der Waals surface area (Å²) in [6.45, 7) is 0. The molecule has 0 aromatic carbocycles. The number of fused-ring (bicyclic) bond motifs is 2. The van der Waals surface area contributed by atoms with E-state index in [9.17, 15) is 18.4 Å². The molecule has 3 atom stereocenters. The van der Waals surface area contributed by atoms with Gasteiger partial charge in [0.2, 0.25) is 0 Å². The number of hydrogen-bond acceptors (Lipinski definition) is 2. The third kappa shape index (κ3) is 2.32. The molecule has 2 bridgehead atoms. The van der Waals surface area contributed by atoms with E-state index >= 15 is 0 Å². The average molecular weight is 249 g/mol. The van der Waals surface area contributed by atoms with E-state index in [0.717, 1.165) is 19.3 Å². The predicted octanol–water partition coefficient (Wildman–Crippen LogP) is 3.96. The van der Waals surface area contributed by atoms with Crippen LogP contribution in [-0.2, 0) is 0 Å². The summed E-state index contributed by atoms with van der Waals surface area (Å²) >= 11 is 0.0106. The Bertz CT molecular complexity index is 309. The molecular formula is C11H14F3NS. The second-order valence-electron chi connectivity index (χ2n) is 4.89. The summed E-state index contributed by atoms with van der Waals surface area (Å²) in [7, 11) is 0. The van der Waals surface area contributed by atoms with E-state index in [4.69, 9.17) is 0 Å². The number of nitriles is 1. The number of alkyl halides is 3. The minimum Gasteiger partial charge on any atom is -0.198 e. The van der Waals surface area contributed by atoms with Gasteiger partial charge in [-0.25, -0.2) is 0 Å². The van der Waals surface area contributed by atoms with Crippen molar-refractivity contribution in [3.8, 4) is 6.07 Å². The molecule has 3 unspecified atom stereocenters. The summed E-state index contributed by atoms with van der Waals surface area (Å²) < 4.78 is 36.1. The Labute approximate surface area is 97.4 Å². The summed E-state index contributed by atoms with van der Waals surface area (Å²) in [6, 6.07) is 2.31. The first-order chi connectivity index (χ1) is 7.45. The zero-order chi connectivity index (χ0) is 11.8. The third-order valence-electron chi connectivity index (χ3n) is 4.01. The minimum atomic E-state index is -4.16. The molecule has 0 N–H and O–H groups in total. The van der Waals surface area contributed by atoms with Crippen molar-refractivity contribution in [2.75, 3.05) is 5.75 Å². The van der Waals surface area contributed by atoms with Gasteiger partial charge in [0.1, 0.15) is 0 Å². The van der Waals surface area contributed by atoms with Crippen molar-refractivity contribution in [1.82, 2.24) is 0 Å². The van der Waals surface area contributed by atoms with Crippen molar-refractivity contribution < 1.29 is 13.2 Å². The van der Waals surface area contributed by atoms with Crippen LogP contribution in [0.1, 0.15) is 32.1 Å². The molecule has 5 heteroatoms. The lowest BCUT2D eigenvalue weighted by atomic mass is 9.72. The van der Waals surface area contributed by atoms with Gasteiger partial charge in [-0.3, -0.25) is 0 Å². The molecule has 0 aliphatic heterocycles. The van der Waals surface area contributed by atoms with Crippen LogP contribution >= 0.6 is 11.8 Å². The summed E-state index contributed by atoms with van der Waals surface area (Å²) in [5, 5.41) is 9.23. The van der Waals surface area contributed by atoms with Crippen molar-refractivity contribution in [2.24, 2.45) is 17.3 Å². The molecule has 16 heavy (non-hydrogen) atoms. The Morgan fingerprint density at radius 2 is 2.12 bits per heavy atom. The number of nitrogens with zero attached hydrogens (tertiary/aromatic N) is 1. The number of halogens is 3. The number of rotatable bonds is 3. The predicted molar refractivity (Wildman–Crippen MR) is 56.6 cm³/mol. The molecule has 0 spiro atoms. The van der Waals surface area contributed by atoms with Crippen LogP contribution in [0.3, 0.4) is 0 Å². The van der Waals surface area contributed by atoms with E-state index in [-0.39, 0.29) is 17.5 Å². The fourth-order valence-corrected chi connectivity index (χ4v) is 3.99. The molecule has 90 valence electrons. The normalized spacial score (nSPS) is 37.6. The van der Waals surface area contributed by atoms with E-state index in [1.54, 1.807) is 0 Å². The first-order valence-corrected chi connectivity index (χ1v) is 6.56. The zero-order valence-corrected chi connectivity index (χ0v) is 9.70. The second kappa shape index (κ2) is 4.14. The lowest BCUT2D eigenvalue weighted by molar-refractivity contribution is -0.0329. The molecule has 0 aromatic heterocycles. The van der Waals surface area contributed by atoms with Gasteiger partial charge in [0, 0.05) is 5.75 Å². The van der Waals surface area contributed by atoms with Crippen molar-refractivity contribution in [3.63, 3.8) is 0 Å². The highest BCUT2D eigenvalue weighted by Crippen LogP contribution is 2.57. The molecule has 2 aliphatic carbocycles. The molecule has 2 saturated carbocycles. The topological polar surface area (TPSA) is 23.8 Å². The summed E-state index contributed by atoms with van der Waals surface area (Å²) in [4.78, 5) is 0. The maximum absolute atomic E-state index is 12.0. The van der Waals surface area contributed by atoms with Crippen LogP contribution in [0.2, 0.25) is 0 Å². The molecule has 2 rings (SSSR count). The highest BCUT2D eigenvalue weighted by Gasteiger charge is 2.51. The van der Waals surface area contributed by atoms with E-state index in [1.165, 1.54) is 6.42 Å². The van der Waals surface area contributed by atoms with Crippen molar-refractivity contribution in [1.29, 1.82) is 5.26 Å². The lowest BCUT2D eigenvalue weighted by Gasteiger charge is -2.30. The molecule has 0 amide bonds. The van der Waals surface area contributed by atoms with Crippen molar-refractivity contribution >= 4 is 11.8 Å². The van der Waals surface area contributed by atoms with Crippen molar-refractivity contribution in [2.45, 2.75) is 37.6 Å². The maximum atomic E-state index is 12.0. The van der Waals surface area contributed by atoms with Gasteiger partial charge in [-0.05, 0) is 37.5 Å². The van der Waals surface area contributed by atoms with E-state index in [0.29, 0.717) is 18.3 Å². The van der Waals surface area contributed by atoms with E-state index < -0.39 is 10.9 Å². The molecule has 2 aliphatic rings. The first-order valence-electron chi connectivity index (χ1n) is 5.57. The maximum Gasteiger partial charge on any atom is 0.441 e. The highest BCUT2D eigenvalue weighted by molar-refractivity contribution is 8.00. The van der Waals surface area contributed by atoms with Crippen LogP contribution in [0.15, 0.2) is 0 Å². The van der Waals surface area contributed by atoms with Gasteiger partial charge >= 0.3 is 5.51 Å². The van der Waals surface area contributed by atoms with Gasteiger partial charge in [0.05, 0.1) is 11.5 Å². The van der Waals surface area contributed by atoms with Crippen LogP contribution in [0.25, 0.3) is 0 Å². The van der Waals surface area contributed by atoms with Gasteiger partial charge in [0.15, 0.2) is 0 Å². The van der Waals surface area contributed by atoms with Gasteiger partial charge in [0.25, 0.3) is 0 Å². The Kier molecular flexibility index (Phi) is 3.13. The summed E-state index contributed by atoms with van der Waals surface area (Å²) in [6.07, 6.45) is 4.49. The molecule has 0 radical (unpaired) electrons. The van der Waals surface area contributed by atoms with Crippen LogP contribution < -0.4 is 0 Å². The quantitative estimate of drug-likeness (QED) is 0.756. The van der Waals surface area contributed by atoms with E-state index in [1.807, 2.05) is 0 Å². The molecule has 1 nitrogen and oxygen atoms in total. The number of thioether (sulfide) groups is 1. The largest absolute Gasteiger partial charge is 0.441 e. The summed E-state index contributed by atoms with van der Waals surface area (Å²) in [5.74, 6) is 0.983. The molecular weight excluding hydrogens is 235 g/mol. The monoisotopic (exact) mass is 249 g/mol. The van der Waals surface area contributed by atoms with Crippen LogP contribution in [0, 0.1) is 28.6 Å². The fourth-order valence-electron chi connectivity index (χ4n) is 3.29. The van der Waals surface area contributed by atoms with Gasteiger partial charge in [-0.2, -0.15) is 18.4 Å². The molecule has 0 aromatic rings. The Morgan fingerprint density at radius 1 is 1.38 bits per heavy atom. The van der Waals surface area contributed by atoms with Gasteiger partial charge in [-0.15, -0.1) is 0 Å². The highest BCUT2D eigenvalue weighted by atomic mass is 32.2. The number of hydrogen-bond donors (Lipinski definition) is 0. The first kappa shape index (κ1) is 12.1. The summed E-state index contributed by atoms with van der Waals surface area (Å²) in [5.41, 5.74) is -4.60. The Balaban J connectivity index is 1.90. The molecule has 0 heterocycles. The Hall–Kier alpha value is -0.370. The molecule has 2 fully saturated rings. The Morgan fingerprint density at radius 3 is 2.56 bits per heavy atom. The third-order valence-corrected chi connectivity index (χ3v) is 4.75. The molecule has 0 saturated heterocycles. The van der Waals surface area contributed by atoms with Crippen LogP contribution in [0.4, 0.5) is 13.2 Å². The zero-order valence-electron chi connectivity index (χ0n) is 8.89. The van der Waals surface area contributed by atoms with Crippen molar-refractivity contribution in [3.05, 3.63) is 0 Å². The average Bonchev–Trinajstić information content (AvgIpc) is 2.75. The van der Waals surface area contributed by atoms with Gasteiger partial charge < -0.3 is 0 Å². The van der Waals surface area contributed by atoms with E-state index in [2.05, 4.69) is 6.07 Å².